The van der Waals surface area contributed by atoms with Crippen LogP contribution in [0.15, 0.2) is 11.8 Å². The molecule has 1 N–H and O–H groups in total. The Labute approximate surface area is 163 Å². The Kier molecular flexibility index (Phi) is 5.11. The summed E-state index contributed by atoms with van der Waals surface area (Å²) >= 11 is 0. The summed E-state index contributed by atoms with van der Waals surface area (Å²) in [6.07, 6.45) is 13.2. The second-order valence-electron chi connectivity index (χ2n) is 9.90. The fourth-order valence-electron chi connectivity index (χ4n) is 7.24. The minimum absolute atomic E-state index is 0.0668. The lowest BCUT2D eigenvalue weighted by Gasteiger charge is -2.56. The normalized spacial score (nSPS) is 43.4. The number of fused-ring (bicyclic) bond motifs is 6. The molecular weight excluding hydrogens is 338 g/mol. The van der Waals surface area contributed by atoms with E-state index in [1.165, 1.54) is 51.1 Å². The van der Waals surface area contributed by atoms with Crippen molar-refractivity contribution in [2.45, 2.75) is 84.7 Å². The highest BCUT2D eigenvalue weighted by molar-refractivity contribution is 5.75. The Hall–Kier alpha value is -1.32. The molecule has 4 heteroatoms. The molecular formula is C23H35NO3. The highest BCUT2D eigenvalue weighted by Gasteiger charge is 2.53. The number of nitrogens with one attached hydrogen (secondary N) is 1. The van der Waals surface area contributed by atoms with E-state index in [0.29, 0.717) is 17.3 Å². The zero-order chi connectivity index (χ0) is 19.2. The largest absolute Gasteiger partial charge is 0.463 e. The fraction of sp³-hybridized carbons (Fsp3) is 0.826. The minimum Gasteiger partial charge on any atom is -0.463 e. The number of ether oxygens (including phenoxy) is 1. The molecule has 0 radical (unpaired) electrons. The Balaban J connectivity index is 1.51. The van der Waals surface area contributed by atoms with E-state index in [1.54, 1.807) is 6.92 Å². The summed E-state index contributed by atoms with van der Waals surface area (Å²) in [5.41, 5.74) is 1.59. The van der Waals surface area contributed by atoms with Crippen molar-refractivity contribution >= 4 is 11.9 Å². The predicted octanol–water partition coefficient (Wildman–Crippen LogP) is 4.59. The van der Waals surface area contributed by atoms with Crippen molar-refractivity contribution in [3.8, 4) is 0 Å². The monoisotopic (exact) mass is 373 g/mol. The summed E-state index contributed by atoms with van der Waals surface area (Å²) in [5, 5.41) is 3.11. The fourth-order valence-corrected chi connectivity index (χ4v) is 7.24. The van der Waals surface area contributed by atoms with Gasteiger partial charge in [0.2, 0.25) is 5.91 Å². The van der Waals surface area contributed by atoms with Crippen LogP contribution in [0, 0.1) is 35.0 Å². The maximum absolute atomic E-state index is 11.6. The number of carbonyl (C=O) groups excluding carboxylic acids is 2. The van der Waals surface area contributed by atoms with Crippen LogP contribution in [0.3, 0.4) is 0 Å². The molecule has 7 atom stereocenters. The highest BCUT2D eigenvalue weighted by atomic mass is 16.5. The van der Waals surface area contributed by atoms with Gasteiger partial charge >= 0.3 is 5.97 Å². The maximum atomic E-state index is 11.6. The molecule has 0 aliphatic heterocycles. The Morgan fingerprint density at radius 1 is 1.11 bits per heavy atom. The summed E-state index contributed by atoms with van der Waals surface area (Å²) in [4.78, 5) is 23.0. The van der Waals surface area contributed by atoms with E-state index in [9.17, 15) is 9.59 Å². The second-order valence-corrected chi connectivity index (χ2v) is 9.90. The van der Waals surface area contributed by atoms with Crippen LogP contribution < -0.4 is 5.32 Å². The molecule has 0 heterocycles. The van der Waals surface area contributed by atoms with E-state index in [0.717, 1.165) is 37.0 Å². The number of allylic oxidation sites excluding steroid dienone is 2. The lowest BCUT2D eigenvalue weighted by atomic mass is 9.50. The number of amides is 1. The SMILES string of the molecule is CC(=O)NC1=CCC2C[C@H]1CCC1C2CCC2C[C@@H](OC(C)=O)CC[C@@]21C. The summed E-state index contributed by atoms with van der Waals surface area (Å²) in [5.74, 6) is 3.57. The molecule has 3 fully saturated rings. The smallest absolute Gasteiger partial charge is 0.302 e. The van der Waals surface area contributed by atoms with Gasteiger partial charge in [-0.3, -0.25) is 9.59 Å². The predicted molar refractivity (Wildman–Crippen MR) is 105 cm³/mol. The Morgan fingerprint density at radius 2 is 1.93 bits per heavy atom. The zero-order valence-electron chi connectivity index (χ0n) is 17.1. The molecule has 4 aliphatic rings. The molecule has 0 saturated heterocycles. The van der Waals surface area contributed by atoms with E-state index < -0.39 is 0 Å². The first-order valence-electron chi connectivity index (χ1n) is 11.0. The molecule has 1 amide bonds. The summed E-state index contributed by atoms with van der Waals surface area (Å²) in [7, 11) is 0. The molecule has 4 nitrogen and oxygen atoms in total. The number of carbonyl (C=O) groups is 2. The molecule has 0 aromatic heterocycles. The van der Waals surface area contributed by atoms with E-state index in [1.807, 2.05) is 0 Å². The van der Waals surface area contributed by atoms with Gasteiger partial charge in [-0.1, -0.05) is 13.0 Å². The van der Waals surface area contributed by atoms with E-state index in [4.69, 9.17) is 4.74 Å². The molecule has 4 unspecified atom stereocenters. The van der Waals surface area contributed by atoms with Crippen LogP contribution in [0.2, 0.25) is 0 Å². The topological polar surface area (TPSA) is 55.4 Å². The van der Waals surface area contributed by atoms with Gasteiger partial charge in [-0.15, -0.1) is 0 Å². The number of rotatable bonds is 2. The third-order valence-electron chi connectivity index (χ3n) is 8.45. The quantitative estimate of drug-likeness (QED) is 0.720. The van der Waals surface area contributed by atoms with Crippen LogP contribution in [0.4, 0.5) is 0 Å². The Bertz CT molecular complexity index is 642. The van der Waals surface area contributed by atoms with Crippen LogP contribution in [-0.4, -0.2) is 18.0 Å². The minimum atomic E-state index is -0.128. The summed E-state index contributed by atoms with van der Waals surface area (Å²) in [6, 6.07) is 0. The molecule has 27 heavy (non-hydrogen) atoms. The van der Waals surface area contributed by atoms with Crippen LogP contribution in [0.1, 0.15) is 78.6 Å². The third kappa shape index (κ3) is 3.56. The second kappa shape index (κ2) is 7.25. The van der Waals surface area contributed by atoms with Crippen LogP contribution in [0.5, 0.6) is 0 Å². The first-order chi connectivity index (χ1) is 12.9. The van der Waals surface area contributed by atoms with Crippen molar-refractivity contribution in [1.82, 2.24) is 5.32 Å². The van der Waals surface area contributed by atoms with Gasteiger partial charge in [0, 0.05) is 19.5 Å². The van der Waals surface area contributed by atoms with Gasteiger partial charge in [-0.05, 0) is 92.8 Å². The van der Waals surface area contributed by atoms with Gasteiger partial charge in [-0.2, -0.15) is 0 Å². The van der Waals surface area contributed by atoms with Crippen molar-refractivity contribution in [3.63, 3.8) is 0 Å². The first-order valence-corrected chi connectivity index (χ1v) is 11.0. The standard InChI is InChI=1S/C23H35NO3/c1-14(25)24-22-9-5-16-12-17(22)4-8-21-20(16)7-6-18-13-19(27-15(2)26)10-11-23(18,21)3/h9,16-21H,4-8,10-13H2,1-3H3,(H,24,25)/t16?,17-,18?,19+,20?,21?,23+/m1/s1. The molecule has 3 saturated carbocycles. The molecule has 4 rings (SSSR count). The van der Waals surface area contributed by atoms with Gasteiger partial charge in [-0.25, -0.2) is 0 Å². The summed E-state index contributed by atoms with van der Waals surface area (Å²) < 4.78 is 5.58. The number of esters is 1. The third-order valence-corrected chi connectivity index (χ3v) is 8.45. The van der Waals surface area contributed by atoms with Gasteiger partial charge in [0.05, 0.1) is 0 Å². The average molecular weight is 374 g/mol. The molecule has 4 aliphatic carbocycles. The lowest BCUT2D eigenvalue weighted by Crippen LogP contribution is -2.49. The average Bonchev–Trinajstić information content (AvgIpc) is 2.75. The van der Waals surface area contributed by atoms with Crippen LogP contribution >= 0.6 is 0 Å². The zero-order valence-corrected chi connectivity index (χ0v) is 17.1. The number of hydrogen-bond acceptors (Lipinski definition) is 3. The highest BCUT2D eigenvalue weighted by Crippen LogP contribution is 2.61. The Morgan fingerprint density at radius 3 is 2.67 bits per heavy atom. The molecule has 0 aromatic carbocycles. The van der Waals surface area contributed by atoms with E-state index in [2.05, 4.69) is 18.3 Å². The van der Waals surface area contributed by atoms with Crippen LogP contribution in [-0.2, 0) is 14.3 Å². The lowest BCUT2D eigenvalue weighted by molar-refractivity contribution is -0.155. The van der Waals surface area contributed by atoms with Crippen molar-refractivity contribution in [3.05, 3.63) is 11.8 Å². The molecule has 0 spiro atoms. The number of hydrogen-bond donors (Lipinski definition) is 1. The van der Waals surface area contributed by atoms with Gasteiger partial charge in [0.1, 0.15) is 6.10 Å². The van der Waals surface area contributed by atoms with Gasteiger partial charge < -0.3 is 10.1 Å². The van der Waals surface area contributed by atoms with Crippen molar-refractivity contribution in [2.24, 2.45) is 35.0 Å². The molecule has 150 valence electrons. The van der Waals surface area contributed by atoms with Gasteiger partial charge in [0.15, 0.2) is 0 Å². The summed E-state index contributed by atoms with van der Waals surface area (Å²) in [6.45, 7) is 5.70. The first kappa shape index (κ1) is 19.0. The molecule has 2 bridgehead atoms. The van der Waals surface area contributed by atoms with Crippen LogP contribution in [0.25, 0.3) is 0 Å². The van der Waals surface area contributed by atoms with Crippen molar-refractivity contribution in [1.29, 1.82) is 0 Å². The van der Waals surface area contributed by atoms with Gasteiger partial charge in [0.25, 0.3) is 0 Å². The van der Waals surface area contributed by atoms with Crippen molar-refractivity contribution < 1.29 is 14.3 Å². The van der Waals surface area contributed by atoms with Crippen molar-refractivity contribution in [2.75, 3.05) is 0 Å². The maximum Gasteiger partial charge on any atom is 0.302 e. The van der Waals surface area contributed by atoms with E-state index >= 15 is 0 Å². The molecule has 0 aromatic rings. The van der Waals surface area contributed by atoms with E-state index in [-0.39, 0.29) is 18.0 Å².